The molecule has 1 fully saturated rings. The number of benzene rings is 1. The molecule has 1 saturated heterocycles. The van der Waals surface area contributed by atoms with E-state index in [1.165, 1.54) is 31.5 Å². The van der Waals surface area contributed by atoms with Crippen LogP contribution in [0.5, 0.6) is 0 Å². The third-order valence-corrected chi connectivity index (χ3v) is 2.92. The van der Waals surface area contributed by atoms with Crippen LogP contribution < -0.4 is 5.48 Å². The number of hydroxylamine groups is 1. The smallest absolute Gasteiger partial charge is 0.274 e. The van der Waals surface area contributed by atoms with Crippen LogP contribution in [0.15, 0.2) is 24.3 Å². The maximum atomic E-state index is 11.1. The van der Waals surface area contributed by atoms with Gasteiger partial charge in [0.25, 0.3) is 5.91 Å². The van der Waals surface area contributed by atoms with Crippen LogP contribution in [0.25, 0.3) is 0 Å². The van der Waals surface area contributed by atoms with Crippen molar-refractivity contribution in [3.63, 3.8) is 0 Å². The van der Waals surface area contributed by atoms with Crippen LogP contribution in [-0.2, 0) is 11.3 Å². The van der Waals surface area contributed by atoms with Crippen LogP contribution >= 0.6 is 0 Å². The number of carbonyl (C=O) groups is 1. The van der Waals surface area contributed by atoms with Gasteiger partial charge in [0.15, 0.2) is 0 Å². The molecule has 0 spiro atoms. The molecule has 2 N–H and O–H groups in total. The van der Waals surface area contributed by atoms with Crippen LogP contribution in [0.3, 0.4) is 0 Å². The average Bonchev–Trinajstić information content (AvgIpc) is 2.92. The quantitative estimate of drug-likeness (QED) is 0.645. The van der Waals surface area contributed by atoms with E-state index in [0.29, 0.717) is 5.56 Å². The van der Waals surface area contributed by atoms with Gasteiger partial charge in [-0.1, -0.05) is 12.1 Å². The Morgan fingerprint density at radius 3 is 2.26 bits per heavy atom. The van der Waals surface area contributed by atoms with Crippen LogP contribution in [0.2, 0.25) is 0 Å². The Kier molecular flexibility index (Phi) is 7.10. The Labute approximate surface area is 114 Å². The SMILES string of the molecule is COC.O=C(NO)c1ccc(CN2CCCC2)cc1. The highest BCUT2D eigenvalue weighted by atomic mass is 16.5. The maximum Gasteiger partial charge on any atom is 0.274 e. The van der Waals surface area contributed by atoms with Gasteiger partial charge >= 0.3 is 0 Å². The lowest BCUT2D eigenvalue weighted by molar-refractivity contribution is 0.0706. The predicted molar refractivity (Wildman–Crippen MR) is 73.1 cm³/mol. The number of nitrogens with one attached hydrogen (secondary N) is 1. The summed E-state index contributed by atoms with van der Waals surface area (Å²) in [5.74, 6) is -0.465. The van der Waals surface area contributed by atoms with Crippen molar-refractivity contribution in [1.29, 1.82) is 0 Å². The van der Waals surface area contributed by atoms with E-state index in [1.807, 2.05) is 12.1 Å². The molecule has 5 heteroatoms. The summed E-state index contributed by atoms with van der Waals surface area (Å²) in [6, 6.07) is 7.33. The van der Waals surface area contributed by atoms with E-state index >= 15 is 0 Å². The number of methoxy groups -OCH3 is 1. The lowest BCUT2D eigenvalue weighted by Gasteiger charge is -2.14. The van der Waals surface area contributed by atoms with E-state index in [9.17, 15) is 4.79 Å². The summed E-state index contributed by atoms with van der Waals surface area (Å²) in [7, 11) is 3.25. The van der Waals surface area contributed by atoms with Crippen molar-refractivity contribution in [3.8, 4) is 0 Å². The van der Waals surface area contributed by atoms with Gasteiger partial charge in [-0.15, -0.1) is 0 Å². The highest BCUT2D eigenvalue weighted by Crippen LogP contribution is 2.13. The largest absolute Gasteiger partial charge is 0.388 e. The monoisotopic (exact) mass is 266 g/mol. The van der Waals surface area contributed by atoms with Gasteiger partial charge in [0.2, 0.25) is 0 Å². The Morgan fingerprint density at radius 2 is 1.79 bits per heavy atom. The first-order valence-corrected chi connectivity index (χ1v) is 6.37. The molecule has 2 rings (SSSR count). The summed E-state index contributed by atoms with van der Waals surface area (Å²) in [5, 5.41) is 8.48. The number of amides is 1. The highest BCUT2D eigenvalue weighted by molar-refractivity contribution is 5.93. The number of likely N-dealkylation sites (tertiary alicyclic amines) is 1. The first kappa shape index (κ1) is 15.6. The van der Waals surface area contributed by atoms with Crippen LogP contribution in [0, 0.1) is 0 Å². The molecule has 1 aliphatic heterocycles. The number of hydrogen-bond donors (Lipinski definition) is 2. The van der Waals surface area contributed by atoms with Crippen molar-refractivity contribution in [1.82, 2.24) is 10.4 Å². The van der Waals surface area contributed by atoms with E-state index in [2.05, 4.69) is 9.64 Å². The van der Waals surface area contributed by atoms with Gasteiger partial charge < -0.3 is 4.74 Å². The summed E-state index contributed by atoms with van der Waals surface area (Å²) in [5.41, 5.74) is 3.31. The molecule has 0 saturated carbocycles. The highest BCUT2D eigenvalue weighted by Gasteiger charge is 2.11. The summed E-state index contributed by atoms with van der Waals surface area (Å²) >= 11 is 0. The van der Waals surface area contributed by atoms with E-state index in [4.69, 9.17) is 5.21 Å². The Bertz CT molecular complexity index is 373. The zero-order valence-electron chi connectivity index (χ0n) is 11.6. The molecule has 1 aromatic rings. The lowest BCUT2D eigenvalue weighted by atomic mass is 10.1. The molecule has 0 bridgehead atoms. The summed E-state index contributed by atoms with van der Waals surface area (Å²) < 4.78 is 4.25. The molecule has 0 aromatic heterocycles. The Balaban J connectivity index is 0.000000550. The number of nitrogens with zero attached hydrogens (tertiary/aromatic N) is 1. The Morgan fingerprint density at radius 1 is 1.26 bits per heavy atom. The topological polar surface area (TPSA) is 61.8 Å². The van der Waals surface area contributed by atoms with Crippen LogP contribution in [-0.4, -0.2) is 43.3 Å². The van der Waals surface area contributed by atoms with Gasteiger partial charge in [-0.25, -0.2) is 5.48 Å². The maximum absolute atomic E-state index is 11.1. The molecule has 0 unspecified atom stereocenters. The molecule has 1 heterocycles. The van der Waals surface area contributed by atoms with E-state index in [0.717, 1.165) is 6.54 Å². The first-order chi connectivity index (χ1) is 9.21. The summed E-state index contributed by atoms with van der Waals surface area (Å²) in [6.07, 6.45) is 2.57. The van der Waals surface area contributed by atoms with Crippen molar-refractivity contribution in [2.45, 2.75) is 19.4 Å². The minimum absolute atomic E-state index is 0.465. The van der Waals surface area contributed by atoms with Crippen molar-refractivity contribution in [2.75, 3.05) is 27.3 Å². The average molecular weight is 266 g/mol. The van der Waals surface area contributed by atoms with Gasteiger partial charge in [0, 0.05) is 26.3 Å². The summed E-state index contributed by atoms with van der Waals surface area (Å²) in [6.45, 7) is 3.28. The molecule has 1 aliphatic rings. The molecule has 1 amide bonds. The lowest BCUT2D eigenvalue weighted by Crippen LogP contribution is -2.20. The van der Waals surface area contributed by atoms with Crippen molar-refractivity contribution < 1.29 is 14.7 Å². The minimum Gasteiger partial charge on any atom is -0.388 e. The number of hydrogen-bond acceptors (Lipinski definition) is 4. The Hall–Kier alpha value is -1.43. The van der Waals surface area contributed by atoms with Gasteiger partial charge in [-0.3, -0.25) is 14.9 Å². The second kappa shape index (κ2) is 8.63. The molecule has 0 atom stereocenters. The molecule has 19 heavy (non-hydrogen) atoms. The van der Waals surface area contributed by atoms with Gasteiger partial charge in [0.1, 0.15) is 0 Å². The molecular weight excluding hydrogens is 244 g/mol. The standard InChI is InChI=1S/C12H16N2O2.C2H6O/c15-12(13-16)11-5-3-10(4-6-11)9-14-7-1-2-8-14;1-3-2/h3-6,16H,1-2,7-9H2,(H,13,15);1-2H3. The number of carbonyl (C=O) groups excluding carboxylic acids is 1. The fraction of sp³-hybridized carbons (Fsp3) is 0.500. The molecule has 1 aromatic carbocycles. The minimum atomic E-state index is -0.465. The predicted octanol–water partition coefficient (Wildman–Crippen LogP) is 1.66. The third-order valence-electron chi connectivity index (χ3n) is 2.92. The van der Waals surface area contributed by atoms with Crippen molar-refractivity contribution in [3.05, 3.63) is 35.4 Å². The van der Waals surface area contributed by atoms with Gasteiger partial charge in [0.05, 0.1) is 0 Å². The van der Waals surface area contributed by atoms with E-state index < -0.39 is 5.91 Å². The molecular formula is C14H22N2O3. The van der Waals surface area contributed by atoms with Crippen molar-refractivity contribution >= 4 is 5.91 Å². The summed E-state index contributed by atoms with van der Waals surface area (Å²) in [4.78, 5) is 13.5. The fourth-order valence-electron chi connectivity index (χ4n) is 2.03. The molecule has 5 nitrogen and oxygen atoms in total. The third kappa shape index (κ3) is 5.38. The van der Waals surface area contributed by atoms with Gasteiger partial charge in [-0.2, -0.15) is 0 Å². The number of ether oxygens (including phenoxy) is 1. The van der Waals surface area contributed by atoms with Crippen molar-refractivity contribution in [2.24, 2.45) is 0 Å². The van der Waals surface area contributed by atoms with E-state index in [1.54, 1.807) is 31.8 Å². The van der Waals surface area contributed by atoms with Crippen LogP contribution in [0.1, 0.15) is 28.8 Å². The molecule has 0 aliphatic carbocycles. The fourth-order valence-corrected chi connectivity index (χ4v) is 2.03. The first-order valence-electron chi connectivity index (χ1n) is 6.37. The zero-order chi connectivity index (χ0) is 14.1. The zero-order valence-corrected chi connectivity index (χ0v) is 11.6. The second-order valence-electron chi connectivity index (χ2n) is 4.53. The molecule has 0 radical (unpaired) electrons. The van der Waals surface area contributed by atoms with E-state index in [-0.39, 0.29) is 0 Å². The van der Waals surface area contributed by atoms with Gasteiger partial charge in [-0.05, 0) is 43.6 Å². The molecule has 106 valence electrons. The second-order valence-corrected chi connectivity index (χ2v) is 4.53. The normalized spacial score (nSPS) is 14.7. The van der Waals surface area contributed by atoms with Crippen LogP contribution in [0.4, 0.5) is 0 Å². The number of rotatable bonds is 3.